The molecular formula is C18H32IN5O. The normalized spacial score (nSPS) is 15.0. The Morgan fingerprint density at radius 1 is 1.32 bits per heavy atom. The molecule has 6 nitrogen and oxygen atoms in total. The monoisotopic (exact) mass is 461 g/mol. The zero-order chi connectivity index (χ0) is 17.2. The van der Waals surface area contributed by atoms with Crippen LogP contribution in [0.25, 0.3) is 0 Å². The number of halogens is 1. The minimum atomic E-state index is 0. The smallest absolute Gasteiger partial charge is 0.191 e. The Hall–Kier alpha value is -1.09. The van der Waals surface area contributed by atoms with Crippen molar-refractivity contribution in [2.24, 2.45) is 10.9 Å². The van der Waals surface area contributed by atoms with Crippen LogP contribution in [0.15, 0.2) is 23.3 Å². The molecule has 2 heterocycles. The van der Waals surface area contributed by atoms with Crippen molar-refractivity contribution in [1.29, 1.82) is 0 Å². The Kier molecular flexibility index (Phi) is 10.8. The van der Waals surface area contributed by atoms with Gasteiger partial charge < -0.3 is 20.3 Å². The molecule has 1 aliphatic heterocycles. The molecule has 0 atom stereocenters. The van der Waals surface area contributed by atoms with Crippen LogP contribution in [0.1, 0.15) is 32.3 Å². The Morgan fingerprint density at radius 2 is 2.08 bits per heavy atom. The third-order valence-electron chi connectivity index (χ3n) is 4.10. The van der Waals surface area contributed by atoms with Gasteiger partial charge in [0.25, 0.3) is 0 Å². The van der Waals surface area contributed by atoms with Gasteiger partial charge in [0, 0.05) is 45.0 Å². The summed E-state index contributed by atoms with van der Waals surface area (Å²) in [6, 6.07) is 4.11. The topological polar surface area (TPSA) is 61.8 Å². The van der Waals surface area contributed by atoms with Gasteiger partial charge in [0.2, 0.25) is 0 Å². The van der Waals surface area contributed by atoms with Crippen LogP contribution in [0, 0.1) is 5.92 Å². The first-order valence-electron chi connectivity index (χ1n) is 8.91. The number of anilines is 1. The van der Waals surface area contributed by atoms with Crippen LogP contribution < -0.4 is 15.5 Å². The van der Waals surface area contributed by atoms with E-state index in [1.54, 1.807) is 0 Å². The van der Waals surface area contributed by atoms with E-state index < -0.39 is 0 Å². The van der Waals surface area contributed by atoms with E-state index in [0.29, 0.717) is 6.54 Å². The van der Waals surface area contributed by atoms with Gasteiger partial charge in [0.1, 0.15) is 5.82 Å². The number of ether oxygens (including phenoxy) is 1. The molecule has 0 spiro atoms. The van der Waals surface area contributed by atoms with Crippen LogP contribution >= 0.6 is 24.0 Å². The Morgan fingerprint density at radius 3 is 2.76 bits per heavy atom. The van der Waals surface area contributed by atoms with Crippen LogP contribution in [0.5, 0.6) is 0 Å². The van der Waals surface area contributed by atoms with Crippen molar-refractivity contribution in [3.05, 3.63) is 23.9 Å². The van der Waals surface area contributed by atoms with E-state index in [-0.39, 0.29) is 24.0 Å². The molecule has 1 aromatic heterocycles. The molecule has 0 aliphatic carbocycles. The highest BCUT2D eigenvalue weighted by Crippen LogP contribution is 2.18. The second-order valence-electron chi connectivity index (χ2n) is 6.47. The molecule has 1 aliphatic rings. The summed E-state index contributed by atoms with van der Waals surface area (Å²) in [4.78, 5) is 11.2. The second-order valence-corrected chi connectivity index (χ2v) is 6.47. The second kappa shape index (κ2) is 12.3. The van der Waals surface area contributed by atoms with Gasteiger partial charge >= 0.3 is 0 Å². The maximum atomic E-state index is 5.43. The summed E-state index contributed by atoms with van der Waals surface area (Å²) in [5.41, 5.74) is 1.18. The van der Waals surface area contributed by atoms with Gasteiger partial charge in [-0.3, -0.25) is 4.99 Å². The van der Waals surface area contributed by atoms with Crippen LogP contribution in [-0.2, 0) is 11.3 Å². The van der Waals surface area contributed by atoms with Crippen molar-refractivity contribution < 1.29 is 4.74 Å². The van der Waals surface area contributed by atoms with E-state index in [2.05, 4.69) is 45.4 Å². The molecule has 1 fully saturated rings. The predicted molar refractivity (Wildman–Crippen MR) is 115 cm³/mol. The minimum Gasteiger partial charge on any atom is -0.378 e. The molecule has 0 aromatic carbocycles. The summed E-state index contributed by atoms with van der Waals surface area (Å²) >= 11 is 0. The average molecular weight is 461 g/mol. The van der Waals surface area contributed by atoms with E-state index in [1.807, 2.05) is 19.3 Å². The zero-order valence-electron chi connectivity index (χ0n) is 15.6. The number of aromatic nitrogens is 1. The molecule has 7 heteroatoms. The Labute approximate surface area is 168 Å². The van der Waals surface area contributed by atoms with Gasteiger partial charge in [-0.05, 0) is 24.8 Å². The molecule has 2 N–H and O–H groups in total. The molecule has 1 aromatic rings. The lowest BCUT2D eigenvalue weighted by Crippen LogP contribution is -2.39. The van der Waals surface area contributed by atoms with Crippen molar-refractivity contribution in [1.82, 2.24) is 15.6 Å². The number of pyridine rings is 1. The molecule has 0 unspecified atom stereocenters. The molecule has 0 saturated carbocycles. The molecule has 2 rings (SSSR count). The fraction of sp³-hybridized carbons (Fsp3) is 0.667. The lowest BCUT2D eigenvalue weighted by Gasteiger charge is -2.29. The summed E-state index contributed by atoms with van der Waals surface area (Å²) < 4.78 is 5.43. The number of rotatable bonds is 7. The summed E-state index contributed by atoms with van der Waals surface area (Å²) in [5, 5.41) is 6.77. The number of hydrogen-bond acceptors (Lipinski definition) is 4. The third-order valence-corrected chi connectivity index (χ3v) is 4.10. The van der Waals surface area contributed by atoms with Crippen LogP contribution in [0.2, 0.25) is 0 Å². The maximum absolute atomic E-state index is 5.43. The SMILES string of the molecule is CN=C(NCCCC(C)C)NCc1cccnc1N1CCOCC1.I. The number of hydrogen-bond donors (Lipinski definition) is 2. The third kappa shape index (κ3) is 7.77. The lowest BCUT2D eigenvalue weighted by atomic mass is 10.1. The molecule has 25 heavy (non-hydrogen) atoms. The van der Waals surface area contributed by atoms with E-state index >= 15 is 0 Å². The minimum absolute atomic E-state index is 0. The lowest BCUT2D eigenvalue weighted by molar-refractivity contribution is 0.122. The first-order valence-corrected chi connectivity index (χ1v) is 8.91. The Balaban J connectivity index is 0.00000312. The van der Waals surface area contributed by atoms with Crippen molar-refractivity contribution in [3.63, 3.8) is 0 Å². The summed E-state index contributed by atoms with van der Waals surface area (Å²) in [6.07, 6.45) is 4.24. The fourth-order valence-corrected chi connectivity index (χ4v) is 2.74. The quantitative estimate of drug-likeness (QED) is 0.283. The fourth-order valence-electron chi connectivity index (χ4n) is 2.74. The molecule has 0 bridgehead atoms. The number of nitrogens with zero attached hydrogens (tertiary/aromatic N) is 3. The summed E-state index contributed by atoms with van der Waals surface area (Å²) in [7, 11) is 1.81. The number of aliphatic imine (C=N–C) groups is 1. The average Bonchev–Trinajstić information content (AvgIpc) is 2.62. The highest BCUT2D eigenvalue weighted by Gasteiger charge is 2.15. The van der Waals surface area contributed by atoms with E-state index in [4.69, 9.17) is 4.74 Å². The van der Waals surface area contributed by atoms with Crippen LogP contribution in [-0.4, -0.2) is 50.8 Å². The van der Waals surface area contributed by atoms with Crippen molar-refractivity contribution in [3.8, 4) is 0 Å². The highest BCUT2D eigenvalue weighted by molar-refractivity contribution is 14.0. The van der Waals surface area contributed by atoms with Crippen molar-refractivity contribution in [2.75, 3.05) is 44.8 Å². The van der Waals surface area contributed by atoms with Crippen molar-refractivity contribution in [2.45, 2.75) is 33.2 Å². The first kappa shape index (κ1) is 22.0. The van der Waals surface area contributed by atoms with Crippen LogP contribution in [0.4, 0.5) is 5.82 Å². The summed E-state index contributed by atoms with van der Waals surface area (Å²) in [5.74, 6) is 2.63. The van der Waals surface area contributed by atoms with Gasteiger partial charge in [0.15, 0.2) is 5.96 Å². The van der Waals surface area contributed by atoms with Gasteiger partial charge in [-0.25, -0.2) is 4.98 Å². The van der Waals surface area contributed by atoms with E-state index in [1.165, 1.54) is 12.0 Å². The van der Waals surface area contributed by atoms with E-state index in [0.717, 1.165) is 57.0 Å². The number of nitrogens with one attached hydrogen (secondary N) is 2. The molecular weight excluding hydrogens is 429 g/mol. The summed E-state index contributed by atoms with van der Waals surface area (Å²) in [6.45, 7) is 9.49. The zero-order valence-corrected chi connectivity index (χ0v) is 18.0. The maximum Gasteiger partial charge on any atom is 0.191 e. The standard InChI is InChI=1S/C18H31N5O.HI/c1-15(2)6-4-9-21-18(19-3)22-14-16-7-5-8-20-17(16)23-10-12-24-13-11-23;/h5,7-8,15H,4,6,9-14H2,1-3H3,(H2,19,21,22);1H. The van der Waals surface area contributed by atoms with E-state index in [9.17, 15) is 0 Å². The molecule has 0 radical (unpaired) electrons. The van der Waals surface area contributed by atoms with Gasteiger partial charge in [-0.2, -0.15) is 0 Å². The van der Waals surface area contributed by atoms with Gasteiger partial charge in [0.05, 0.1) is 13.2 Å². The predicted octanol–water partition coefficient (Wildman–Crippen LogP) is 2.64. The first-order chi connectivity index (χ1) is 11.7. The molecule has 142 valence electrons. The largest absolute Gasteiger partial charge is 0.378 e. The number of guanidine groups is 1. The van der Waals surface area contributed by atoms with Gasteiger partial charge in [-0.1, -0.05) is 19.9 Å². The molecule has 1 saturated heterocycles. The molecule has 0 amide bonds. The van der Waals surface area contributed by atoms with Crippen LogP contribution in [0.3, 0.4) is 0 Å². The highest BCUT2D eigenvalue weighted by atomic mass is 127. The number of morpholine rings is 1. The van der Waals surface area contributed by atoms with Crippen molar-refractivity contribution >= 4 is 35.8 Å². The Bertz CT molecular complexity index is 518. The van der Waals surface area contributed by atoms with Gasteiger partial charge in [-0.15, -0.1) is 24.0 Å².